The van der Waals surface area contributed by atoms with E-state index in [2.05, 4.69) is 10.3 Å². The molecule has 130 valence electrons. The van der Waals surface area contributed by atoms with E-state index in [4.69, 9.17) is 21.5 Å². The van der Waals surface area contributed by atoms with Gasteiger partial charge in [0.05, 0.1) is 7.11 Å². The largest absolute Gasteiger partial charge is 0.495 e. The number of halogens is 1. The number of nitrogens with two attached hydrogens (primary N) is 1. The highest BCUT2D eigenvalue weighted by molar-refractivity contribution is 7.89. The van der Waals surface area contributed by atoms with Crippen molar-refractivity contribution in [1.82, 2.24) is 4.98 Å². The predicted molar refractivity (Wildman–Crippen MR) is 95.6 cm³/mol. The number of ether oxygens (including phenoxy) is 1. The number of primary sulfonamides is 1. The van der Waals surface area contributed by atoms with Crippen molar-refractivity contribution in [3.8, 4) is 5.75 Å². The van der Waals surface area contributed by atoms with Gasteiger partial charge in [-0.1, -0.05) is 11.6 Å². The topological polar surface area (TPSA) is 114 Å². The number of fused-ring (bicyclic) bond motifs is 1. The molecule has 9 heteroatoms. The van der Waals surface area contributed by atoms with Gasteiger partial charge < -0.3 is 15.0 Å². The Bertz CT molecular complexity index is 1080. The molecule has 0 unspecified atom stereocenters. The maximum Gasteiger partial charge on any atom is 0.272 e. The van der Waals surface area contributed by atoms with Crippen LogP contribution in [0.1, 0.15) is 10.5 Å². The van der Waals surface area contributed by atoms with Crippen LogP contribution in [0.15, 0.2) is 47.4 Å². The number of H-pyrrole nitrogens is 1. The minimum Gasteiger partial charge on any atom is -0.495 e. The highest BCUT2D eigenvalue weighted by atomic mass is 35.5. The molecule has 3 rings (SSSR count). The maximum absolute atomic E-state index is 12.4. The fourth-order valence-corrected chi connectivity index (χ4v) is 3.30. The molecule has 1 heterocycles. The number of carbonyl (C=O) groups is 1. The van der Waals surface area contributed by atoms with Gasteiger partial charge in [0.2, 0.25) is 10.0 Å². The summed E-state index contributed by atoms with van der Waals surface area (Å²) in [5.41, 5.74) is 1.34. The van der Waals surface area contributed by atoms with Gasteiger partial charge in [0.25, 0.3) is 5.91 Å². The van der Waals surface area contributed by atoms with Crippen molar-refractivity contribution >= 4 is 44.1 Å². The monoisotopic (exact) mass is 379 g/mol. The smallest absolute Gasteiger partial charge is 0.272 e. The van der Waals surface area contributed by atoms with Crippen LogP contribution in [0.25, 0.3) is 10.9 Å². The number of nitrogens with one attached hydrogen (secondary N) is 2. The van der Waals surface area contributed by atoms with Crippen molar-refractivity contribution in [1.29, 1.82) is 0 Å². The third kappa shape index (κ3) is 3.60. The fraction of sp³-hybridized carbons (Fsp3) is 0.0625. The van der Waals surface area contributed by atoms with Crippen LogP contribution in [0.5, 0.6) is 5.75 Å². The summed E-state index contributed by atoms with van der Waals surface area (Å²) in [5, 5.41) is 9.14. The van der Waals surface area contributed by atoms with E-state index in [-0.39, 0.29) is 16.3 Å². The van der Waals surface area contributed by atoms with Crippen LogP contribution in [0, 0.1) is 0 Å². The predicted octanol–water partition coefficient (Wildman–Crippen LogP) is 2.73. The molecule has 1 aromatic heterocycles. The Labute approximate surface area is 148 Å². The van der Waals surface area contributed by atoms with Crippen LogP contribution in [0.4, 0.5) is 5.69 Å². The molecule has 0 fully saturated rings. The zero-order chi connectivity index (χ0) is 18.2. The summed E-state index contributed by atoms with van der Waals surface area (Å²) in [4.78, 5) is 15.2. The van der Waals surface area contributed by atoms with Gasteiger partial charge in [-0.15, -0.1) is 0 Å². The highest BCUT2D eigenvalue weighted by Crippen LogP contribution is 2.27. The minimum atomic E-state index is -3.99. The summed E-state index contributed by atoms with van der Waals surface area (Å²) in [6.45, 7) is 0. The average Bonchev–Trinajstić information content (AvgIpc) is 2.97. The Morgan fingerprint density at radius 2 is 1.96 bits per heavy atom. The standard InChI is InChI=1S/C16H14ClN3O4S/c1-24-14-5-3-11(8-15(14)25(18,22)23)19-16(21)13-7-9-6-10(17)2-4-12(9)20-13/h2-8,20H,1H3,(H,19,21)(H2,18,22,23). The van der Waals surface area contributed by atoms with Gasteiger partial charge in [-0.05, 0) is 42.5 Å². The van der Waals surface area contributed by atoms with Crippen LogP contribution in [0.3, 0.4) is 0 Å². The Balaban J connectivity index is 1.92. The molecule has 0 saturated carbocycles. The van der Waals surface area contributed by atoms with Crippen molar-refractivity contribution in [2.45, 2.75) is 4.90 Å². The first-order valence-electron chi connectivity index (χ1n) is 7.08. The highest BCUT2D eigenvalue weighted by Gasteiger charge is 2.17. The molecule has 0 saturated heterocycles. The van der Waals surface area contributed by atoms with E-state index >= 15 is 0 Å². The molecule has 3 aromatic rings. The van der Waals surface area contributed by atoms with Gasteiger partial charge in [-0.25, -0.2) is 13.6 Å². The van der Waals surface area contributed by atoms with Gasteiger partial charge in [0.1, 0.15) is 16.3 Å². The summed E-state index contributed by atoms with van der Waals surface area (Å²) >= 11 is 5.93. The number of aromatic amines is 1. The first-order valence-corrected chi connectivity index (χ1v) is 9.01. The quantitative estimate of drug-likeness (QED) is 0.646. The van der Waals surface area contributed by atoms with E-state index in [9.17, 15) is 13.2 Å². The first kappa shape index (κ1) is 17.3. The van der Waals surface area contributed by atoms with E-state index in [0.29, 0.717) is 10.7 Å². The molecule has 2 aromatic carbocycles. The number of carbonyl (C=O) groups excluding carboxylic acids is 1. The second-order valence-corrected chi connectivity index (χ2v) is 7.25. The number of aromatic nitrogens is 1. The van der Waals surface area contributed by atoms with E-state index in [1.165, 1.54) is 25.3 Å². The van der Waals surface area contributed by atoms with E-state index in [1.54, 1.807) is 24.3 Å². The lowest BCUT2D eigenvalue weighted by Crippen LogP contribution is -2.16. The number of hydrogen-bond donors (Lipinski definition) is 3. The average molecular weight is 380 g/mol. The molecule has 0 aliphatic rings. The zero-order valence-electron chi connectivity index (χ0n) is 13.0. The van der Waals surface area contributed by atoms with Crippen molar-refractivity contribution in [3.05, 3.63) is 53.2 Å². The van der Waals surface area contributed by atoms with Crippen molar-refractivity contribution < 1.29 is 17.9 Å². The number of amides is 1. The lowest BCUT2D eigenvalue weighted by molar-refractivity contribution is 0.102. The van der Waals surface area contributed by atoms with Crippen molar-refractivity contribution in [2.75, 3.05) is 12.4 Å². The Kier molecular flexibility index (Phi) is 4.42. The van der Waals surface area contributed by atoms with Crippen LogP contribution in [-0.4, -0.2) is 26.4 Å². The molecular formula is C16H14ClN3O4S. The molecule has 0 bridgehead atoms. The molecule has 0 spiro atoms. The minimum absolute atomic E-state index is 0.0979. The Morgan fingerprint density at radius 3 is 2.64 bits per heavy atom. The third-order valence-corrected chi connectivity index (χ3v) is 4.72. The Morgan fingerprint density at radius 1 is 1.20 bits per heavy atom. The number of hydrogen-bond acceptors (Lipinski definition) is 4. The Hall–Kier alpha value is -2.55. The normalized spacial score (nSPS) is 11.5. The summed E-state index contributed by atoms with van der Waals surface area (Å²) in [7, 11) is -2.66. The lowest BCUT2D eigenvalue weighted by atomic mass is 10.2. The maximum atomic E-state index is 12.4. The zero-order valence-corrected chi connectivity index (χ0v) is 14.6. The molecule has 4 N–H and O–H groups in total. The van der Waals surface area contributed by atoms with Gasteiger partial charge in [-0.3, -0.25) is 4.79 Å². The van der Waals surface area contributed by atoms with E-state index in [0.717, 1.165) is 10.9 Å². The first-order chi connectivity index (χ1) is 11.8. The van der Waals surface area contributed by atoms with Gasteiger partial charge in [0.15, 0.2) is 0 Å². The van der Waals surface area contributed by atoms with Crippen molar-refractivity contribution in [2.24, 2.45) is 5.14 Å². The molecule has 25 heavy (non-hydrogen) atoms. The van der Waals surface area contributed by atoms with E-state index in [1.807, 2.05) is 0 Å². The SMILES string of the molecule is COc1ccc(NC(=O)c2cc3cc(Cl)ccc3[nH]2)cc1S(N)(=O)=O. The summed E-state index contributed by atoms with van der Waals surface area (Å²) in [5.74, 6) is -0.335. The number of methoxy groups -OCH3 is 1. The summed E-state index contributed by atoms with van der Waals surface area (Å²) in [6, 6.07) is 11.0. The number of rotatable bonds is 4. The number of anilines is 1. The van der Waals surface area contributed by atoms with E-state index < -0.39 is 15.9 Å². The molecule has 0 radical (unpaired) electrons. The number of sulfonamides is 1. The molecular weight excluding hydrogens is 366 g/mol. The second kappa shape index (κ2) is 6.40. The van der Waals surface area contributed by atoms with Crippen LogP contribution in [-0.2, 0) is 10.0 Å². The van der Waals surface area contributed by atoms with Crippen LogP contribution in [0.2, 0.25) is 5.02 Å². The van der Waals surface area contributed by atoms with Crippen LogP contribution >= 0.6 is 11.6 Å². The second-order valence-electron chi connectivity index (χ2n) is 5.28. The lowest BCUT2D eigenvalue weighted by Gasteiger charge is -2.09. The summed E-state index contributed by atoms with van der Waals surface area (Å²) in [6.07, 6.45) is 0. The molecule has 7 nitrogen and oxygen atoms in total. The summed E-state index contributed by atoms with van der Waals surface area (Å²) < 4.78 is 28.2. The molecule has 0 aliphatic heterocycles. The molecule has 0 aliphatic carbocycles. The fourth-order valence-electron chi connectivity index (χ4n) is 2.40. The molecule has 0 atom stereocenters. The molecule has 1 amide bonds. The van der Waals surface area contributed by atoms with Gasteiger partial charge in [0, 0.05) is 21.6 Å². The van der Waals surface area contributed by atoms with Gasteiger partial charge in [-0.2, -0.15) is 0 Å². The third-order valence-electron chi connectivity index (χ3n) is 3.56. The van der Waals surface area contributed by atoms with Crippen molar-refractivity contribution in [3.63, 3.8) is 0 Å². The van der Waals surface area contributed by atoms with Crippen LogP contribution < -0.4 is 15.2 Å². The number of benzene rings is 2. The van der Waals surface area contributed by atoms with Gasteiger partial charge >= 0.3 is 0 Å².